The zero-order valence-corrected chi connectivity index (χ0v) is 14.5. The SMILES string of the molecule is CSCC(=O)N1CC[C@]2(CCCN(C3CCCCC3)C2=O)C1. The molecule has 0 bridgehead atoms. The molecule has 124 valence electrons. The first-order valence-corrected chi connectivity index (χ1v) is 10.1. The van der Waals surface area contributed by atoms with Gasteiger partial charge >= 0.3 is 0 Å². The number of likely N-dealkylation sites (tertiary alicyclic amines) is 2. The zero-order valence-electron chi connectivity index (χ0n) is 13.7. The number of thioether (sulfide) groups is 1. The van der Waals surface area contributed by atoms with Crippen molar-refractivity contribution in [3.8, 4) is 0 Å². The minimum Gasteiger partial charge on any atom is -0.341 e. The molecule has 3 aliphatic rings. The summed E-state index contributed by atoms with van der Waals surface area (Å²) in [4.78, 5) is 29.4. The fraction of sp³-hybridized carbons (Fsp3) is 0.882. The Hall–Kier alpha value is -0.710. The zero-order chi connectivity index (χ0) is 15.6. The van der Waals surface area contributed by atoms with Gasteiger partial charge in [-0.15, -0.1) is 0 Å². The summed E-state index contributed by atoms with van der Waals surface area (Å²) in [5.41, 5.74) is -0.260. The fourth-order valence-electron chi connectivity index (χ4n) is 4.52. The Bertz CT molecular complexity index is 436. The highest BCUT2D eigenvalue weighted by Gasteiger charge is 2.50. The van der Waals surface area contributed by atoms with Crippen LogP contribution in [0.4, 0.5) is 0 Å². The van der Waals surface area contributed by atoms with E-state index in [0.29, 0.717) is 24.2 Å². The molecule has 0 radical (unpaired) electrons. The van der Waals surface area contributed by atoms with Crippen molar-refractivity contribution in [3.05, 3.63) is 0 Å². The highest BCUT2D eigenvalue weighted by Crippen LogP contribution is 2.42. The van der Waals surface area contributed by atoms with Gasteiger partial charge in [0.1, 0.15) is 0 Å². The highest BCUT2D eigenvalue weighted by atomic mass is 32.2. The molecular formula is C17H28N2O2S. The maximum absolute atomic E-state index is 13.2. The standard InChI is InChI=1S/C17H28N2O2S/c1-22-12-15(20)18-11-9-17(13-18)8-5-10-19(16(17)21)14-6-3-2-4-7-14/h14H,2-13H2,1H3/t17-/m1/s1. The molecule has 3 fully saturated rings. The number of piperidine rings is 1. The van der Waals surface area contributed by atoms with Crippen LogP contribution >= 0.6 is 11.8 Å². The van der Waals surface area contributed by atoms with Gasteiger partial charge in [0.15, 0.2) is 0 Å². The van der Waals surface area contributed by atoms with E-state index in [4.69, 9.17) is 0 Å². The molecular weight excluding hydrogens is 296 g/mol. The largest absolute Gasteiger partial charge is 0.341 e. The molecule has 4 nitrogen and oxygen atoms in total. The third-order valence-corrected chi connectivity index (χ3v) is 6.29. The van der Waals surface area contributed by atoms with Gasteiger partial charge in [0, 0.05) is 25.7 Å². The predicted octanol–water partition coefficient (Wildman–Crippen LogP) is 2.52. The molecule has 1 aliphatic carbocycles. The van der Waals surface area contributed by atoms with Crippen molar-refractivity contribution in [2.24, 2.45) is 5.41 Å². The molecule has 1 saturated carbocycles. The van der Waals surface area contributed by atoms with Crippen molar-refractivity contribution in [2.75, 3.05) is 31.6 Å². The third-order valence-electron chi connectivity index (χ3n) is 5.76. The molecule has 3 rings (SSSR count). The van der Waals surface area contributed by atoms with Gasteiger partial charge in [-0.25, -0.2) is 0 Å². The van der Waals surface area contributed by atoms with E-state index >= 15 is 0 Å². The summed E-state index contributed by atoms with van der Waals surface area (Å²) in [6.45, 7) is 2.36. The smallest absolute Gasteiger partial charge is 0.232 e. The molecule has 0 N–H and O–H groups in total. The first-order chi connectivity index (χ1) is 10.7. The van der Waals surface area contributed by atoms with Crippen LogP contribution in [0, 0.1) is 5.41 Å². The van der Waals surface area contributed by atoms with E-state index in [2.05, 4.69) is 4.90 Å². The van der Waals surface area contributed by atoms with E-state index < -0.39 is 0 Å². The Morgan fingerprint density at radius 1 is 1.18 bits per heavy atom. The van der Waals surface area contributed by atoms with Crippen LogP contribution in [-0.2, 0) is 9.59 Å². The summed E-state index contributed by atoms with van der Waals surface area (Å²) >= 11 is 1.57. The molecule has 5 heteroatoms. The van der Waals surface area contributed by atoms with Gasteiger partial charge in [-0.1, -0.05) is 19.3 Å². The average molecular weight is 324 g/mol. The van der Waals surface area contributed by atoms with Crippen LogP contribution in [0.15, 0.2) is 0 Å². The second-order valence-electron chi connectivity index (χ2n) is 7.17. The van der Waals surface area contributed by atoms with Crippen molar-refractivity contribution in [3.63, 3.8) is 0 Å². The first kappa shape index (κ1) is 16.2. The molecule has 1 spiro atoms. The van der Waals surface area contributed by atoms with Gasteiger partial charge in [0.2, 0.25) is 11.8 Å². The second kappa shape index (κ2) is 6.81. The van der Waals surface area contributed by atoms with Crippen molar-refractivity contribution >= 4 is 23.6 Å². The lowest BCUT2D eigenvalue weighted by Crippen LogP contribution is -2.54. The first-order valence-electron chi connectivity index (χ1n) is 8.74. The molecule has 0 aromatic rings. The predicted molar refractivity (Wildman–Crippen MR) is 89.8 cm³/mol. The van der Waals surface area contributed by atoms with Crippen LogP contribution in [0.1, 0.15) is 51.4 Å². The summed E-state index contributed by atoms with van der Waals surface area (Å²) in [6, 6.07) is 0.467. The highest BCUT2D eigenvalue weighted by molar-refractivity contribution is 7.99. The van der Waals surface area contributed by atoms with E-state index in [1.807, 2.05) is 11.2 Å². The summed E-state index contributed by atoms with van der Waals surface area (Å²) in [7, 11) is 0. The van der Waals surface area contributed by atoms with Crippen LogP contribution in [0.2, 0.25) is 0 Å². The summed E-state index contributed by atoms with van der Waals surface area (Å²) in [5, 5.41) is 0. The number of nitrogens with zero attached hydrogens (tertiary/aromatic N) is 2. The van der Waals surface area contributed by atoms with Gasteiger partial charge in [0.25, 0.3) is 0 Å². The van der Waals surface area contributed by atoms with E-state index in [9.17, 15) is 9.59 Å². The summed E-state index contributed by atoms with van der Waals surface area (Å²) in [5.74, 6) is 1.09. The maximum atomic E-state index is 13.2. The lowest BCUT2D eigenvalue weighted by atomic mass is 9.77. The number of amides is 2. The molecule has 0 aromatic heterocycles. The number of hydrogen-bond acceptors (Lipinski definition) is 3. The van der Waals surface area contributed by atoms with Crippen LogP contribution in [0.25, 0.3) is 0 Å². The Morgan fingerprint density at radius 2 is 1.95 bits per heavy atom. The van der Waals surface area contributed by atoms with Gasteiger partial charge in [-0.3, -0.25) is 9.59 Å². The molecule has 2 heterocycles. The van der Waals surface area contributed by atoms with Crippen LogP contribution in [-0.4, -0.2) is 59.3 Å². The number of rotatable bonds is 3. The number of carbonyl (C=O) groups is 2. The van der Waals surface area contributed by atoms with Crippen molar-refractivity contribution in [1.29, 1.82) is 0 Å². The Morgan fingerprint density at radius 3 is 2.68 bits per heavy atom. The minimum absolute atomic E-state index is 0.201. The quantitative estimate of drug-likeness (QED) is 0.801. The topological polar surface area (TPSA) is 40.6 Å². The van der Waals surface area contributed by atoms with Gasteiger partial charge in [0.05, 0.1) is 11.2 Å². The summed E-state index contributed by atoms with van der Waals surface area (Å²) < 4.78 is 0. The Kier molecular flexibility index (Phi) is 5.00. The normalized spacial score (nSPS) is 30.3. The molecule has 22 heavy (non-hydrogen) atoms. The molecule has 2 aliphatic heterocycles. The molecule has 2 saturated heterocycles. The molecule has 0 aromatic carbocycles. The molecule has 1 atom stereocenters. The number of carbonyl (C=O) groups excluding carboxylic acids is 2. The van der Waals surface area contributed by atoms with E-state index in [0.717, 1.165) is 32.4 Å². The average Bonchev–Trinajstić information content (AvgIpc) is 2.97. The van der Waals surface area contributed by atoms with Gasteiger partial charge in [-0.2, -0.15) is 11.8 Å². The van der Waals surface area contributed by atoms with E-state index in [1.165, 1.54) is 32.1 Å². The summed E-state index contributed by atoms with van der Waals surface area (Å²) in [6.07, 6.45) is 11.1. The van der Waals surface area contributed by atoms with E-state index in [-0.39, 0.29) is 11.3 Å². The lowest BCUT2D eigenvalue weighted by molar-refractivity contribution is -0.149. The lowest BCUT2D eigenvalue weighted by Gasteiger charge is -2.44. The van der Waals surface area contributed by atoms with Gasteiger partial charge in [-0.05, 0) is 38.4 Å². The monoisotopic (exact) mass is 324 g/mol. The fourth-order valence-corrected chi connectivity index (χ4v) is 4.95. The molecule has 2 amide bonds. The molecule has 0 unspecified atom stereocenters. The van der Waals surface area contributed by atoms with Crippen LogP contribution in [0.5, 0.6) is 0 Å². The van der Waals surface area contributed by atoms with Crippen molar-refractivity contribution in [1.82, 2.24) is 9.80 Å². The van der Waals surface area contributed by atoms with Gasteiger partial charge < -0.3 is 9.80 Å². The maximum Gasteiger partial charge on any atom is 0.232 e. The second-order valence-corrected chi connectivity index (χ2v) is 8.04. The van der Waals surface area contributed by atoms with Crippen LogP contribution in [0.3, 0.4) is 0 Å². The van der Waals surface area contributed by atoms with E-state index in [1.54, 1.807) is 11.8 Å². The van der Waals surface area contributed by atoms with Crippen molar-refractivity contribution < 1.29 is 9.59 Å². The number of hydrogen-bond donors (Lipinski definition) is 0. The third kappa shape index (κ3) is 3.01. The van der Waals surface area contributed by atoms with Crippen LogP contribution < -0.4 is 0 Å². The Balaban J connectivity index is 1.68. The Labute approximate surface area is 138 Å². The van der Waals surface area contributed by atoms with Crippen molar-refractivity contribution in [2.45, 2.75) is 57.4 Å². The minimum atomic E-state index is -0.260.